The maximum atomic E-state index is 13.1. The number of carboxylic acid groups (broad SMARTS) is 1. The van der Waals surface area contributed by atoms with Gasteiger partial charge in [-0.3, -0.25) is 14.4 Å². The number of hydrogen-bond acceptors (Lipinski definition) is 11. The zero-order chi connectivity index (χ0) is 54.7. The standard InChI is InChI=1S/C63H110O12/c1-4-7-10-13-16-19-22-24-26-27-28-29-31-32-35-37-40-43-46-49-55(64)71-52-54(73-56(65)50-47-44-41-38-34-21-18-15-12-9-6-3)53-72-63-61(59(68)58(67)60(75-63)62(69)70)74-57(66)51-48-45-42-39-36-33-30-25-23-20-17-14-11-8-5-2/h15-16,18-19,24-26,30,54,58-61,63,67-68H,4-14,17,20-23,27-29,31-53H2,1-3H3,(H,69,70)/b18-15-,19-16-,26-24-,30-25-. The van der Waals surface area contributed by atoms with Gasteiger partial charge in [0.15, 0.2) is 24.6 Å². The molecule has 12 heteroatoms. The Balaban J connectivity index is 2.65. The van der Waals surface area contributed by atoms with E-state index in [1.165, 1.54) is 109 Å². The van der Waals surface area contributed by atoms with Crippen molar-refractivity contribution in [2.24, 2.45) is 0 Å². The number of aliphatic hydroxyl groups is 2. The van der Waals surface area contributed by atoms with Crippen molar-refractivity contribution in [2.45, 2.75) is 314 Å². The lowest BCUT2D eigenvalue weighted by atomic mass is 9.98. The van der Waals surface area contributed by atoms with Crippen molar-refractivity contribution < 1.29 is 58.2 Å². The van der Waals surface area contributed by atoms with Crippen LogP contribution in [0.5, 0.6) is 0 Å². The molecule has 0 bridgehead atoms. The lowest BCUT2D eigenvalue weighted by molar-refractivity contribution is -0.301. The van der Waals surface area contributed by atoms with Gasteiger partial charge in [-0.15, -0.1) is 0 Å². The number of carbonyl (C=O) groups excluding carboxylic acids is 3. The summed E-state index contributed by atoms with van der Waals surface area (Å²) < 4.78 is 28.4. The van der Waals surface area contributed by atoms with Gasteiger partial charge in [-0.2, -0.15) is 0 Å². The van der Waals surface area contributed by atoms with Gasteiger partial charge in [-0.25, -0.2) is 4.79 Å². The SMILES string of the molecule is CCCC/C=C\CCCCCCCC(=O)OC(COC(=O)CCCCCCCCCCC/C=C\C/C=C\CCCCC)COC1OC(C(=O)O)C(O)C(O)C1OC(=O)CCCCCCC/C=C\CCCCCCCC. The summed E-state index contributed by atoms with van der Waals surface area (Å²) in [6, 6.07) is 0. The fourth-order valence-electron chi connectivity index (χ4n) is 9.08. The Labute approximate surface area is 456 Å². The minimum absolute atomic E-state index is 0.0507. The smallest absolute Gasteiger partial charge is 0.335 e. The third kappa shape index (κ3) is 41.5. The Morgan fingerprint density at radius 1 is 0.440 bits per heavy atom. The van der Waals surface area contributed by atoms with E-state index in [0.29, 0.717) is 19.3 Å². The van der Waals surface area contributed by atoms with E-state index in [1.54, 1.807) is 0 Å². The Bertz CT molecular complexity index is 1490. The van der Waals surface area contributed by atoms with Crippen molar-refractivity contribution in [3.8, 4) is 0 Å². The predicted octanol–water partition coefficient (Wildman–Crippen LogP) is 15.8. The molecule has 3 N–H and O–H groups in total. The Hall–Kier alpha value is -3.32. The first-order valence-electron chi connectivity index (χ1n) is 30.6. The van der Waals surface area contributed by atoms with Gasteiger partial charge in [0.25, 0.3) is 0 Å². The number of carbonyl (C=O) groups is 4. The van der Waals surface area contributed by atoms with Crippen molar-refractivity contribution in [2.75, 3.05) is 13.2 Å². The highest BCUT2D eigenvalue weighted by molar-refractivity contribution is 5.74. The molecule has 1 fully saturated rings. The molecule has 6 unspecified atom stereocenters. The molecule has 6 atom stereocenters. The maximum Gasteiger partial charge on any atom is 0.335 e. The molecule has 1 rings (SSSR count). The number of rotatable bonds is 52. The molecular formula is C63H110O12. The molecule has 434 valence electrons. The second kappa shape index (κ2) is 51.4. The first-order valence-corrected chi connectivity index (χ1v) is 30.6. The number of allylic oxidation sites excluding steroid dienone is 8. The summed E-state index contributed by atoms with van der Waals surface area (Å²) in [4.78, 5) is 51.1. The summed E-state index contributed by atoms with van der Waals surface area (Å²) in [7, 11) is 0. The normalized spacial score (nSPS) is 18.4. The van der Waals surface area contributed by atoms with E-state index in [-0.39, 0.29) is 25.9 Å². The molecule has 0 aromatic heterocycles. The Kier molecular flexibility index (Phi) is 47.8. The van der Waals surface area contributed by atoms with Crippen LogP contribution in [0.15, 0.2) is 48.6 Å². The van der Waals surface area contributed by atoms with E-state index >= 15 is 0 Å². The molecule has 1 heterocycles. The highest BCUT2D eigenvalue weighted by Crippen LogP contribution is 2.26. The van der Waals surface area contributed by atoms with Crippen LogP contribution >= 0.6 is 0 Å². The zero-order valence-electron chi connectivity index (χ0n) is 47.8. The number of unbranched alkanes of at least 4 members (excludes halogenated alkanes) is 30. The molecule has 0 aromatic carbocycles. The molecule has 1 aliphatic rings. The summed E-state index contributed by atoms with van der Waals surface area (Å²) in [6.45, 7) is 5.92. The van der Waals surface area contributed by atoms with E-state index in [9.17, 15) is 34.5 Å². The second-order valence-corrected chi connectivity index (χ2v) is 21.0. The molecule has 1 aliphatic heterocycles. The fraction of sp³-hybridized carbons (Fsp3) is 0.810. The lowest BCUT2D eigenvalue weighted by Gasteiger charge is -2.40. The fourth-order valence-corrected chi connectivity index (χ4v) is 9.08. The Morgan fingerprint density at radius 2 is 0.813 bits per heavy atom. The van der Waals surface area contributed by atoms with Crippen LogP contribution in [0.1, 0.15) is 278 Å². The number of aliphatic hydroxyl groups excluding tert-OH is 2. The highest BCUT2D eigenvalue weighted by Gasteiger charge is 2.50. The number of carboxylic acids is 1. The quantitative estimate of drug-likeness (QED) is 0.0228. The predicted molar refractivity (Wildman–Crippen MR) is 303 cm³/mol. The summed E-state index contributed by atoms with van der Waals surface area (Å²) in [6.07, 6.45) is 49.4. The lowest BCUT2D eigenvalue weighted by Crippen LogP contribution is -2.61. The Morgan fingerprint density at radius 3 is 1.28 bits per heavy atom. The van der Waals surface area contributed by atoms with Gasteiger partial charge in [0.1, 0.15) is 18.8 Å². The van der Waals surface area contributed by atoms with Crippen molar-refractivity contribution in [3.05, 3.63) is 48.6 Å². The molecule has 1 saturated heterocycles. The van der Waals surface area contributed by atoms with Gasteiger partial charge < -0.3 is 39.0 Å². The average Bonchev–Trinajstić information content (AvgIpc) is 3.39. The number of aliphatic carboxylic acids is 1. The summed E-state index contributed by atoms with van der Waals surface area (Å²) in [5.74, 6) is -3.13. The van der Waals surface area contributed by atoms with Crippen LogP contribution in [0.3, 0.4) is 0 Å². The van der Waals surface area contributed by atoms with Crippen molar-refractivity contribution >= 4 is 23.9 Å². The van der Waals surface area contributed by atoms with Crippen LogP contribution in [-0.4, -0.2) is 89.2 Å². The monoisotopic (exact) mass is 1060 g/mol. The molecule has 0 spiro atoms. The summed E-state index contributed by atoms with van der Waals surface area (Å²) in [5.41, 5.74) is 0. The van der Waals surface area contributed by atoms with Crippen molar-refractivity contribution in [1.29, 1.82) is 0 Å². The van der Waals surface area contributed by atoms with Gasteiger partial charge in [-0.05, 0) is 96.3 Å². The van der Waals surface area contributed by atoms with Gasteiger partial charge in [-0.1, -0.05) is 211 Å². The molecule has 0 aromatic rings. The minimum atomic E-state index is -1.91. The van der Waals surface area contributed by atoms with E-state index in [4.69, 9.17) is 23.7 Å². The van der Waals surface area contributed by atoms with Gasteiger partial charge in [0.05, 0.1) is 6.61 Å². The van der Waals surface area contributed by atoms with Gasteiger partial charge in [0, 0.05) is 19.3 Å². The second-order valence-electron chi connectivity index (χ2n) is 21.0. The minimum Gasteiger partial charge on any atom is -0.479 e. The maximum absolute atomic E-state index is 13.1. The third-order valence-electron chi connectivity index (χ3n) is 13.8. The molecular weight excluding hydrogens is 949 g/mol. The average molecular weight is 1060 g/mol. The van der Waals surface area contributed by atoms with E-state index in [1.807, 2.05) is 0 Å². The van der Waals surface area contributed by atoms with Crippen LogP contribution in [0.4, 0.5) is 0 Å². The van der Waals surface area contributed by atoms with Crippen LogP contribution in [0.2, 0.25) is 0 Å². The largest absolute Gasteiger partial charge is 0.479 e. The van der Waals surface area contributed by atoms with Crippen LogP contribution < -0.4 is 0 Å². The highest BCUT2D eigenvalue weighted by atomic mass is 16.7. The van der Waals surface area contributed by atoms with E-state index in [2.05, 4.69) is 69.4 Å². The molecule has 0 radical (unpaired) electrons. The van der Waals surface area contributed by atoms with Gasteiger partial charge >= 0.3 is 23.9 Å². The van der Waals surface area contributed by atoms with Crippen LogP contribution in [-0.2, 0) is 42.9 Å². The first-order chi connectivity index (χ1) is 36.6. The topological polar surface area (TPSA) is 175 Å². The van der Waals surface area contributed by atoms with Crippen molar-refractivity contribution in [3.63, 3.8) is 0 Å². The first kappa shape index (κ1) is 69.7. The molecule has 0 aliphatic carbocycles. The van der Waals surface area contributed by atoms with E-state index in [0.717, 1.165) is 109 Å². The molecule has 12 nitrogen and oxygen atoms in total. The third-order valence-corrected chi connectivity index (χ3v) is 13.8. The van der Waals surface area contributed by atoms with E-state index < -0.39 is 67.3 Å². The summed E-state index contributed by atoms with van der Waals surface area (Å²) in [5, 5.41) is 31.5. The number of esters is 3. The zero-order valence-corrected chi connectivity index (χ0v) is 47.8. The summed E-state index contributed by atoms with van der Waals surface area (Å²) >= 11 is 0. The molecule has 0 amide bonds. The van der Waals surface area contributed by atoms with Crippen LogP contribution in [0, 0.1) is 0 Å². The number of hydrogen-bond donors (Lipinski definition) is 3. The number of ether oxygens (including phenoxy) is 5. The van der Waals surface area contributed by atoms with Crippen LogP contribution in [0.25, 0.3) is 0 Å². The van der Waals surface area contributed by atoms with Crippen molar-refractivity contribution in [1.82, 2.24) is 0 Å². The molecule has 0 saturated carbocycles. The van der Waals surface area contributed by atoms with Gasteiger partial charge in [0.2, 0.25) is 0 Å². The molecule has 75 heavy (non-hydrogen) atoms.